The fourth-order valence-corrected chi connectivity index (χ4v) is 3.36. The SMILES string of the molecule is C[NH+](C)CCc1c[nH]c2cccc(OC(=O)c3ccc4c(c3)CCO4)c12. The van der Waals surface area contributed by atoms with Gasteiger partial charge in [0.05, 0.1) is 32.8 Å². The van der Waals surface area contributed by atoms with E-state index in [1.165, 1.54) is 10.5 Å². The standard InChI is InChI=1S/C21H22N2O3/c1-23(2)10-8-16-13-22-17-4-3-5-19(20(16)17)26-21(24)15-6-7-18-14(12-15)9-11-25-18/h3-7,12-13,22H,8-11H2,1-2H3/p+1. The van der Waals surface area contributed by atoms with Crippen LogP contribution in [0, 0.1) is 0 Å². The van der Waals surface area contributed by atoms with Gasteiger partial charge in [0.1, 0.15) is 11.5 Å². The van der Waals surface area contributed by atoms with Gasteiger partial charge in [0.2, 0.25) is 0 Å². The van der Waals surface area contributed by atoms with Crippen molar-refractivity contribution in [2.45, 2.75) is 12.8 Å². The quantitative estimate of drug-likeness (QED) is 0.546. The summed E-state index contributed by atoms with van der Waals surface area (Å²) in [4.78, 5) is 17.3. The van der Waals surface area contributed by atoms with Crippen molar-refractivity contribution >= 4 is 16.9 Å². The molecule has 1 aromatic heterocycles. The number of benzene rings is 2. The first kappa shape index (κ1) is 16.7. The highest BCUT2D eigenvalue weighted by atomic mass is 16.5. The Bertz CT molecular complexity index is 959. The molecule has 0 radical (unpaired) electrons. The summed E-state index contributed by atoms with van der Waals surface area (Å²) in [6, 6.07) is 11.3. The molecule has 2 N–H and O–H groups in total. The molecule has 0 unspecified atom stereocenters. The third-order valence-corrected chi connectivity index (χ3v) is 4.77. The lowest BCUT2D eigenvalue weighted by molar-refractivity contribution is -0.858. The van der Waals surface area contributed by atoms with Crippen molar-refractivity contribution in [1.29, 1.82) is 0 Å². The monoisotopic (exact) mass is 351 g/mol. The summed E-state index contributed by atoms with van der Waals surface area (Å²) >= 11 is 0. The van der Waals surface area contributed by atoms with Gasteiger partial charge in [0, 0.05) is 29.9 Å². The number of ether oxygens (including phenoxy) is 2. The van der Waals surface area contributed by atoms with Gasteiger partial charge in [-0.05, 0) is 41.5 Å². The van der Waals surface area contributed by atoms with Crippen LogP contribution in [0.2, 0.25) is 0 Å². The first-order valence-electron chi connectivity index (χ1n) is 8.98. The molecule has 5 heteroatoms. The van der Waals surface area contributed by atoms with E-state index < -0.39 is 0 Å². The zero-order chi connectivity index (χ0) is 18.1. The van der Waals surface area contributed by atoms with Crippen LogP contribution in [-0.2, 0) is 12.8 Å². The number of likely N-dealkylation sites (N-methyl/N-ethyl adjacent to an activating group) is 1. The average molecular weight is 351 g/mol. The number of nitrogens with one attached hydrogen (secondary N) is 2. The van der Waals surface area contributed by atoms with Crippen LogP contribution in [0.3, 0.4) is 0 Å². The van der Waals surface area contributed by atoms with Crippen molar-refractivity contribution in [3.8, 4) is 11.5 Å². The Balaban J connectivity index is 1.62. The minimum atomic E-state index is -0.336. The van der Waals surface area contributed by atoms with E-state index >= 15 is 0 Å². The van der Waals surface area contributed by atoms with Gasteiger partial charge in [-0.1, -0.05) is 6.07 Å². The number of fused-ring (bicyclic) bond motifs is 2. The zero-order valence-corrected chi connectivity index (χ0v) is 15.1. The van der Waals surface area contributed by atoms with Gasteiger partial charge < -0.3 is 19.4 Å². The minimum Gasteiger partial charge on any atom is -0.493 e. The Labute approximate surface area is 152 Å². The summed E-state index contributed by atoms with van der Waals surface area (Å²) in [6.45, 7) is 1.69. The normalized spacial score (nSPS) is 13.0. The average Bonchev–Trinajstić information content (AvgIpc) is 3.26. The molecule has 5 nitrogen and oxygen atoms in total. The lowest BCUT2D eigenvalue weighted by atomic mass is 10.1. The molecule has 2 heterocycles. The second kappa shape index (κ2) is 6.84. The van der Waals surface area contributed by atoms with Crippen molar-refractivity contribution in [3.05, 3.63) is 59.3 Å². The van der Waals surface area contributed by atoms with Gasteiger partial charge in [-0.3, -0.25) is 0 Å². The van der Waals surface area contributed by atoms with E-state index in [4.69, 9.17) is 9.47 Å². The smallest absolute Gasteiger partial charge is 0.343 e. The van der Waals surface area contributed by atoms with Gasteiger partial charge in [-0.2, -0.15) is 0 Å². The van der Waals surface area contributed by atoms with Crippen LogP contribution in [0.1, 0.15) is 21.5 Å². The van der Waals surface area contributed by atoms with Crippen molar-refractivity contribution in [2.75, 3.05) is 27.2 Å². The predicted octanol–water partition coefficient (Wildman–Crippen LogP) is 2.01. The highest BCUT2D eigenvalue weighted by Crippen LogP contribution is 2.31. The molecule has 0 spiro atoms. The Kier molecular flexibility index (Phi) is 4.39. The number of carbonyl (C=O) groups excluding carboxylic acids is 1. The number of esters is 1. The Morgan fingerprint density at radius 1 is 1.27 bits per heavy atom. The molecule has 1 aliphatic rings. The summed E-state index contributed by atoms with van der Waals surface area (Å²) in [5, 5.41) is 0.992. The summed E-state index contributed by atoms with van der Waals surface area (Å²) < 4.78 is 11.3. The molecule has 0 saturated heterocycles. The first-order valence-corrected chi connectivity index (χ1v) is 8.98. The third kappa shape index (κ3) is 3.18. The zero-order valence-electron chi connectivity index (χ0n) is 15.1. The summed E-state index contributed by atoms with van der Waals surface area (Å²) in [5.74, 6) is 1.13. The topological polar surface area (TPSA) is 55.8 Å². The van der Waals surface area contributed by atoms with Crippen molar-refractivity contribution in [2.24, 2.45) is 0 Å². The maximum absolute atomic E-state index is 12.7. The van der Waals surface area contributed by atoms with Gasteiger partial charge >= 0.3 is 5.97 Å². The number of carbonyl (C=O) groups is 1. The molecule has 2 aromatic carbocycles. The number of hydrogen-bond donors (Lipinski definition) is 2. The van der Waals surface area contributed by atoms with Crippen LogP contribution in [0.15, 0.2) is 42.6 Å². The van der Waals surface area contributed by atoms with E-state index in [1.807, 2.05) is 36.5 Å². The third-order valence-electron chi connectivity index (χ3n) is 4.77. The van der Waals surface area contributed by atoms with Crippen LogP contribution >= 0.6 is 0 Å². The van der Waals surface area contributed by atoms with Crippen LogP contribution in [0.25, 0.3) is 10.9 Å². The molecular weight excluding hydrogens is 328 g/mol. The van der Waals surface area contributed by atoms with Gasteiger partial charge in [0.25, 0.3) is 0 Å². The van der Waals surface area contributed by atoms with Crippen molar-refractivity contribution in [1.82, 2.24) is 4.98 Å². The number of aromatic nitrogens is 1. The molecule has 0 saturated carbocycles. The maximum Gasteiger partial charge on any atom is 0.343 e. The fraction of sp³-hybridized carbons (Fsp3) is 0.286. The van der Waals surface area contributed by atoms with Crippen LogP contribution < -0.4 is 14.4 Å². The van der Waals surface area contributed by atoms with Crippen LogP contribution in [0.5, 0.6) is 11.5 Å². The van der Waals surface area contributed by atoms with E-state index in [1.54, 1.807) is 6.07 Å². The fourth-order valence-electron chi connectivity index (χ4n) is 3.36. The minimum absolute atomic E-state index is 0.336. The number of rotatable bonds is 5. The number of quaternary nitrogens is 1. The second-order valence-electron chi connectivity index (χ2n) is 7.01. The molecule has 0 atom stereocenters. The van der Waals surface area contributed by atoms with Crippen LogP contribution in [0.4, 0.5) is 0 Å². The molecule has 26 heavy (non-hydrogen) atoms. The van der Waals surface area contributed by atoms with E-state index in [0.717, 1.165) is 41.6 Å². The Morgan fingerprint density at radius 2 is 2.15 bits per heavy atom. The van der Waals surface area contributed by atoms with E-state index in [0.29, 0.717) is 17.9 Å². The molecule has 0 bridgehead atoms. The number of aromatic amines is 1. The largest absolute Gasteiger partial charge is 0.493 e. The predicted molar refractivity (Wildman–Crippen MR) is 100 cm³/mol. The van der Waals surface area contributed by atoms with Crippen molar-refractivity contribution in [3.63, 3.8) is 0 Å². The highest BCUT2D eigenvalue weighted by molar-refractivity contribution is 5.96. The summed E-state index contributed by atoms with van der Waals surface area (Å²) in [6.07, 6.45) is 3.77. The summed E-state index contributed by atoms with van der Waals surface area (Å²) in [5.41, 5.74) is 3.78. The van der Waals surface area contributed by atoms with Crippen molar-refractivity contribution < 1.29 is 19.2 Å². The van der Waals surface area contributed by atoms with Gasteiger partial charge in [0.15, 0.2) is 0 Å². The molecule has 3 aromatic rings. The highest BCUT2D eigenvalue weighted by Gasteiger charge is 2.18. The molecule has 0 aliphatic carbocycles. The Hall–Kier alpha value is -2.79. The molecule has 4 rings (SSSR count). The van der Waals surface area contributed by atoms with Crippen LogP contribution in [-0.4, -0.2) is 38.2 Å². The summed E-state index contributed by atoms with van der Waals surface area (Å²) in [7, 11) is 4.26. The van der Waals surface area contributed by atoms with Gasteiger partial charge in [-0.15, -0.1) is 0 Å². The molecule has 0 fully saturated rings. The number of H-pyrrole nitrogens is 1. The lowest BCUT2D eigenvalue weighted by Gasteiger charge is -2.10. The molecule has 1 aliphatic heterocycles. The van der Waals surface area contributed by atoms with E-state index in [-0.39, 0.29) is 5.97 Å². The molecule has 0 amide bonds. The van der Waals surface area contributed by atoms with E-state index in [9.17, 15) is 4.79 Å². The molecular formula is C21H23N2O3+. The Morgan fingerprint density at radius 3 is 3.00 bits per heavy atom. The van der Waals surface area contributed by atoms with Gasteiger partial charge in [-0.25, -0.2) is 4.79 Å². The molecule has 134 valence electrons. The van der Waals surface area contributed by atoms with E-state index in [2.05, 4.69) is 19.1 Å². The first-order chi connectivity index (χ1) is 12.6. The lowest BCUT2D eigenvalue weighted by Crippen LogP contribution is -3.05. The maximum atomic E-state index is 12.7. The second-order valence-corrected chi connectivity index (χ2v) is 7.01. The number of hydrogen-bond acceptors (Lipinski definition) is 3.